The van der Waals surface area contributed by atoms with E-state index in [0.29, 0.717) is 6.29 Å². The lowest BCUT2D eigenvalue weighted by atomic mass is 9.78. The van der Waals surface area contributed by atoms with Gasteiger partial charge < -0.3 is 17.7 Å². The molecule has 0 aromatic heterocycles. The number of ether oxygens (including phenoxy) is 1. The van der Waals surface area contributed by atoms with Crippen molar-refractivity contribution in [3.05, 3.63) is 23.8 Å². The van der Waals surface area contributed by atoms with Gasteiger partial charge in [-0.1, -0.05) is 17.6 Å². The second-order valence-corrected chi connectivity index (χ2v) is 2.66. The van der Waals surface area contributed by atoms with Crippen LogP contribution in [0.15, 0.2) is 18.2 Å². The molecule has 1 rings (SSSR count). The molecule has 0 saturated carbocycles. The van der Waals surface area contributed by atoms with Crippen molar-refractivity contribution in [3.8, 4) is 5.75 Å². The summed E-state index contributed by atoms with van der Waals surface area (Å²) < 4.78 is 41.8. The molecule has 0 N–H and O–H groups in total. The van der Waals surface area contributed by atoms with E-state index in [4.69, 9.17) is 0 Å². The summed E-state index contributed by atoms with van der Waals surface area (Å²) >= 11 is 0. The van der Waals surface area contributed by atoms with Gasteiger partial charge in [0.2, 0.25) is 0 Å². The number of para-hydroxylation sites is 1. The maximum Gasteiger partial charge on any atom is 0.513 e. The fourth-order valence-electron chi connectivity index (χ4n) is 1.16. The zero-order valence-electron chi connectivity index (χ0n) is 7.34. The van der Waals surface area contributed by atoms with E-state index in [9.17, 15) is 17.7 Å². The van der Waals surface area contributed by atoms with Crippen LogP contribution in [0.2, 0.25) is 0 Å². The topological polar surface area (TPSA) is 26.3 Å². The number of halogens is 3. The van der Waals surface area contributed by atoms with Crippen LogP contribution in [0.1, 0.15) is 10.4 Å². The first-order valence-corrected chi connectivity index (χ1v) is 3.82. The van der Waals surface area contributed by atoms with E-state index in [0.717, 1.165) is 13.2 Å². The Bertz CT molecular complexity index is 349. The van der Waals surface area contributed by atoms with Gasteiger partial charge in [-0.3, -0.25) is 4.79 Å². The molecule has 0 bridgehead atoms. The Balaban J connectivity index is 3.36. The molecule has 76 valence electrons. The molecular formula is C8H7BF3O2-. The van der Waals surface area contributed by atoms with Gasteiger partial charge in [0.15, 0.2) is 6.29 Å². The number of hydrogen-bond acceptors (Lipinski definition) is 2. The lowest BCUT2D eigenvalue weighted by molar-refractivity contribution is 0.112. The summed E-state index contributed by atoms with van der Waals surface area (Å²) in [4.78, 5) is 10.4. The molecule has 0 aliphatic carbocycles. The highest BCUT2D eigenvalue weighted by Crippen LogP contribution is 2.20. The number of rotatable bonds is 3. The van der Waals surface area contributed by atoms with E-state index in [2.05, 4.69) is 4.74 Å². The Kier molecular flexibility index (Phi) is 2.83. The van der Waals surface area contributed by atoms with Crippen molar-refractivity contribution in [2.24, 2.45) is 0 Å². The largest absolute Gasteiger partial charge is 0.513 e. The molecule has 0 fully saturated rings. The average molecular weight is 203 g/mol. The Morgan fingerprint density at radius 2 is 2.00 bits per heavy atom. The molecule has 6 heteroatoms. The molecule has 0 aliphatic rings. The number of benzene rings is 1. The first-order chi connectivity index (χ1) is 6.50. The molecule has 0 saturated heterocycles. The highest BCUT2D eigenvalue weighted by atomic mass is 19.4. The molecule has 2 nitrogen and oxygen atoms in total. The fourth-order valence-corrected chi connectivity index (χ4v) is 1.16. The molecule has 0 radical (unpaired) electrons. The van der Waals surface area contributed by atoms with Crippen molar-refractivity contribution < 1.29 is 22.5 Å². The predicted octanol–water partition coefficient (Wildman–Crippen LogP) is 1.56. The number of carbonyl (C=O) groups excluding carboxylic acids is 1. The highest BCUT2D eigenvalue weighted by molar-refractivity contribution is 6.74. The fraction of sp³-hybridized carbons (Fsp3) is 0.125. The van der Waals surface area contributed by atoms with Crippen LogP contribution in [-0.2, 0) is 0 Å². The van der Waals surface area contributed by atoms with Crippen LogP contribution in [0.25, 0.3) is 0 Å². The van der Waals surface area contributed by atoms with E-state index >= 15 is 0 Å². The minimum Gasteiger partial charge on any atom is -0.499 e. The minimum atomic E-state index is -5.15. The first-order valence-electron chi connectivity index (χ1n) is 3.82. The Labute approximate surface area is 78.7 Å². The zero-order chi connectivity index (χ0) is 10.8. The lowest BCUT2D eigenvalue weighted by Gasteiger charge is -2.19. The smallest absolute Gasteiger partial charge is 0.499 e. The van der Waals surface area contributed by atoms with Gasteiger partial charge in [-0.2, -0.15) is 0 Å². The van der Waals surface area contributed by atoms with Gasteiger partial charge in [0.1, 0.15) is 5.75 Å². The van der Waals surface area contributed by atoms with Crippen LogP contribution < -0.4 is 10.2 Å². The third-order valence-corrected chi connectivity index (χ3v) is 1.76. The zero-order valence-corrected chi connectivity index (χ0v) is 7.34. The quantitative estimate of drug-likeness (QED) is 0.550. The van der Waals surface area contributed by atoms with Gasteiger partial charge in [0.25, 0.3) is 0 Å². The van der Waals surface area contributed by atoms with Crippen molar-refractivity contribution in [2.45, 2.75) is 0 Å². The molecule has 14 heavy (non-hydrogen) atoms. The Morgan fingerprint density at radius 1 is 1.36 bits per heavy atom. The van der Waals surface area contributed by atoms with Crippen molar-refractivity contribution >= 4 is 18.7 Å². The Morgan fingerprint density at radius 3 is 2.43 bits per heavy atom. The molecule has 0 spiro atoms. The van der Waals surface area contributed by atoms with Crippen LogP contribution in [0, 0.1) is 0 Å². The van der Waals surface area contributed by atoms with Gasteiger partial charge in [-0.15, -0.1) is 0 Å². The van der Waals surface area contributed by atoms with Crippen LogP contribution in [0.3, 0.4) is 0 Å². The second-order valence-electron chi connectivity index (χ2n) is 2.66. The number of methoxy groups -OCH3 is 1. The van der Waals surface area contributed by atoms with Gasteiger partial charge in [0.05, 0.1) is 12.7 Å². The summed E-state index contributed by atoms with van der Waals surface area (Å²) in [6, 6.07) is 3.35. The minimum absolute atomic E-state index is 0.0933. The molecule has 1 aromatic carbocycles. The number of hydrogen-bond donors (Lipinski definition) is 0. The maximum absolute atomic E-state index is 12.4. The van der Waals surface area contributed by atoms with E-state index in [1.807, 2.05) is 0 Å². The average Bonchev–Trinajstić information content (AvgIpc) is 2.15. The van der Waals surface area contributed by atoms with Crippen LogP contribution in [0.5, 0.6) is 5.75 Å². The van der Waals surface area contributed by atoms with Gasteiger partial charge in [-0.05, 0) is 6.07 Å². The summed E-state index contributed by atoms with van der Waals surface area (Å²) in [5.74, 6) is -0.407. The molecule has 0 aliphatic heterocycles. The molecule has 1 aromatic rings. The number of carbonyl (C=O) groups is 1. The van der Waals surface area contributed by atoms with Gasteiger partial charge in [-0.25, -0.2) is 0 Å². The van der Waals surface area contributed by atoms with E-state index in [-0.39, 0.29) is 5.56 Å². The third kappa shape index (κ3) is 1.89. The Hall–Kier alpha value is -1.46. The van der Waals surface area contributed by atoms with E-state index in [1.54, 1.807) is 0 Å². The molecule has 0 unspecified atom stereocenters. The summed E-state index contributed by atoms with van der Waals surface area (Å²) in [7, 11) is 1.10. The SMILES string of the molecule is COc1c(C=O)cccc1[B-](F)(F)F. The molecule has 0 atom stereocenters. The number of aldehydes is 1. The standard InChI is InChI=1S/C8H7BF3O2/c1-14-8-6(5-13)3-2-4-7(8)9(10,11)12/h2-5H,1H3/q-1. The monoisotopic (exact) mass is 203 g/mol. The van der Waals surface area contributed by atoms with Crippen molar-refractivity contribution in [1.29, 1.82) is 0 Å². The van der Waals surface area contributed by atoms with E-state index in [1.165, 1.54) is 12.1 Å². The maximum atomic E-state index is 12.4. The van der Waals surface area contributed by atoms with Crippen LogP contribution in [-0.4, -0.2) is 20.4 Å². The van der Waals surface area contributed by atoms with Crippen molar-refractivity contribution in [1.82, 2.24) is 0 Å². The van der Waals surface area contributed by atoms with E-state index < -0.39 is 18.2 Å². The lowest BCUT2D eigenvalue weighted by Crippen LogP contribution is -2.35. The van der Waals surface area contributed by atoms with Gasteiger partial charge in [0, 0.05) is 0 Å². The molecule has 0 amide bonds. The summed E-state index contributed by atoms with van der Waals surface area (Å²) in [6.45, 7) is -5.15. The molecule has 0 heterocycles. The van der Waals surface area contributed by atoms with Crippen molar-refractivity contribution in [2.75, 3.05) is 7.11 Å². The van der Waals surface area contributed by atoms with Crippen molar-refractivity contribution in [3.63, 3.8) is 0 Å². The third-order valence-electron chi connectivity index (χ3n) is 1.76. The molecular weight excluding hydrogens is 196 g/mol. The highest BCUT2D eigenvalue weighted by Gasteiger charge is 2.29. The summed E-state index contributed by atoms with van der Waals surface area (Å²) in [5, 5.41) is 0. The summed E-state index contributed by atoms with van der Waals surface area (Å²) in [6.07, 6.45) is 0.337. The summed E-state index contributed by atoms with van der Waals surface area (Å²) in [5.41, 5.74) is -0.971. The van der Waals surface area contributed by atoms with Crippen LogP contribution >= 0.6 is 0 Å². The van der Waals surface area contributed by atoms with Crippen LogP contribution in [0.4, 0.5) is 12.9 Å². The van der Waals surface area contributed by atoms with Gasteiger partial charge >= 0.3 is 6.98 Å². The predicted molar refractivity (Wildman–Crippen MR) is 47.1 cm³/mol. The normalized spacial score (nSPS) is 11.1. The second kappa shape index (κ2) is 3.73. The first kappa shape index (κ1) is 10.6.